The number of methoxy groups -OCH3 is 1. The molecule has 0 atom stereocenters. The lowest BCUT2D eigenvalue weighted by atomic mass is 10.2. The Bertz CT molecular complexity index is 1010. The predicted molar refractivity (Wildman–Crippen MR) is 124 cm³/mol. The van der Waals surface area contributed by atoms with Gasteiger partial charge in [0.15, 0.2) is 11.5 Å². The summed E-state index contributed by atoms with van der Waals surface area (Å²) < 4.78 is 16.9. The standard InChI is InChI=1S/C23H22Cl3NO3/c1-3-29-22-10-16(13-27-17-8-9-21(28-2)20(26)11-17)19(25)12-23(22)30-14-15-6-4-5-7-18(15)24/h4-12,27H,3,13-14H2,1-2H3. The highest BCUT2D eigenvalue weighted by Gasteiger charge is 2.13. The Kier molecular flexibility index (Phi) is 7.97. The van der Waals surface area contributed by atoms with E-state index in [2.05, 4.69) is 5.32 Å². The van der Waals surface area contributed by atoms with Gasteiger partial charge in [-0.05, 0) is 42.8 Å². The van der Waals surface area contributed by atoms with E-state index in [0.29, 0.717) is 52.1 Å². The van der Waals surface area contributed by atoms with E-state index in [1.807, 2.05) is 49.4 Å². The van der Waals surface area contributed by atoms with E-state index >= 15 is 0 Å². The summed E-state index contributed by atoms with van der Waals surface area (Å²) in [5.74, 6) is 1.82. The fourth-order valence-electron chi connectivity index (χ4n) is 2.84. The SMILES string of the molecule is CCOc1cc(CNc2ccc(OC)c(Cl)c2)c(Cl)cc1OCc1ccccc1Cl. The Morgan fingerprint density at radius 2 is 1.53 bits per heavy atom. The zero-order chi connectivity index (χ0) is 21.5. The van der Waals surface area contributed by atoms with Gasteiger partial charge in [-0.1, -0.05) is 53.0 Å². The third-order valence-corrected chi connectivity index (χ3v) is 5.40. The van der Waals surface area contributed by atoms with Crippen molar-refractivity contribution in [2.24, 2.45) is 0 Å². The lowest BCUT2D eigenvalue weighted by molar-refractivity contribution is 0.269. The van der Waals surface area contributed by atoms with E-state index in [-0.39, 0.29) is 0 Å². The molecule has 0 saturated heterocycles. The summed E-state index contributed by atoms with van der Waals surface area (Å²) >= 11 is 18.9. The Morgan fingerprint density at radius 1 is 0.767 bits per heavy atom. The Labute approximate surface area is 191 Å². The molecule has 0 fully saturated rings. The van der Waals surface area contributed by atoms with E-state index in [0.717, 1.165) is 16.8 Å². The van der Waals surface area contributed by atoms with Crippen LogP contribution in [0.1, 0.15) is 18.1 Å². The van der Waals surface area contributed by atoms with Crippen LogP contribution < -0.4 is 19.5 Å². The second-order valence-electron chi connectivity index (χ2n) is 6.41. The van der Waals surface area contributed by atoms with Crippen molar-refractivity contribution in [3.05, 3.63) is 80.8 Å². The second kappa shape index (κ2) is 10.7. The molecule has 158 valence electrons. The van der Waals surface area contributed by atoms with E-state index < -0.39 is 0 Å². The van der Waals surface area contributed by atoms with Crippen molar-refractivity contribution in [3.63, 3.8) is 0 Å². The summed E-state index contributed by atoms with van der Waals surface area (Å²) in [5, 5.41) is 5.07. The summed E-state index contributed by atoms with van der Waals surface area (Å²) in [5.41, 5.74) is 2.62. The van der Waals surface area contributed by atoms with Crippen molar-refractivity contribution < 1.29 is 14.2 Å². The van der Waals surface area contributed by atoms with Crippen molar-refractivity contribution in [1.29, 1.82) is 0 Å². The molecule has 0 unspecified atom stereocenters. The number of ether oxygens (including phenoxy) is 3. The summed E-state index contributed by atoms with van der Waals surface area (Å²) in [4.78, 5) is 0. The maximum absolute atomic E-state index is 6.51. The van der Waals surface area contributed by atoms with Crippen LogP contribution in [0.4, 0.5) is 5.69 Å². The van der Waals surface area contributed by atoms with Gasteiger partial charge in [0.05, 0.1) is 18.7 Å². The van der Waals surface area contributed by atoms with Crippen molar-refractivity contribution in [3.8, 4) is 17.2 Å². The molecule has 0 amide bonds. The third kappa shape index (κ3) is 5.66. The first-order chi connectivity index (χ1) is 14.5. The first kappa shape index (κ1) is 22.4. The van der Waals surface area contributed by atoms with Gasteiger partial charge < -0.3 is 19.5 Å². The van der Waals surface area contributed by atoms with Crippen LogP contribution >= 0.6 is 34.8 Å². The molecule has 30 heavy (non-hydrogen) atoms. The van der Waals surface area contributed by atoms with Crippen LogP contribution in [-0.2, 0) is 13.2 Å². The highest BCUT2D eigenvalue weighted by molar-refractivity contribution is 6.32. The predicted octanol–water partition coefficient (Wildman–Crippen LogP) is 7.25. The first-order valence-electron chi connectivity index (χ1n) is 9.40. The molecule has 1 N–H and O–H groups in total. The minimum absolute atomic E-state index is 0.317. The molecule has 0 bridgehead atoms. The average molecular weight is 467 g/mol. The van der Waals surface area contributed by atoms with Gasteiger partial charge in [0.25, 0.3) is 0 Å². The minimum Gasteiger partial charge on any atom is -0.495 e. The van der Waals surface area contributed by atoms with E-state index in [1.165, 1.54) is 0 Å². The number of benzene rings is 3. The molecule has 0 saturated carbocycles. The zero-order valence-electron chi connectivity index (χ0n) is 16.7. The molecule has 0 aliphatic rings. The molecule has 0 aromatic heterocycles. The van der Waals surface area contributed by atoms with Gasteiger partial charge in [-0.25, -0.2) is 0 Å². The highest BCUT2D eigenvalue weighted by Crippen LogP contribution is 2.35. The molecule has 0 aliphatic carbocycles. The smallest absolute Gasteiger partial charge is 0.163 e. The average Bonchev–Trinajstić information content (AvgIpc) is 2.74. The summed E-state index contributed by atoms with van der Waals surface area (Å²) in [7, 11) is 1.58. The fraction of sp³-hybridized carbons (Fsp3) is 0.217. The van der Waals surface area contributed by atoms with E-state index in [4.69, 9.17) is 49.0 Å². The maximum Gasteiger partial charge on any atom is 0.163 e. The van der Waals surface area contributed by atoms with Gasteiger partial charge in [-0.15, -0.1) is 0 Å². The Balaban J connectivity index is 1.75. The first-order valence-corrected chi connectivity index (χ1v) is 10.5. The van der Waals surface area contributed by atoms with Gasteiger partial charge >= 0.3 is 0 Å². The summed E-state index contributed by atoms with van der Waals surface area (Å²) in [6.45, 7) is 3.24. The van der Waals surface area contributed by atoms with Crippen LogP contribution in [0, 0.1) is 0 Å². The number of rotatable bonds is 9. The molecule has 7 heteroatoms. The van der Waals surface area contributed by atoms with Gasteiger partial charge in [0.1, 0.15) is 12.4 Å². The van der Waals surface area contributed by atoms with Crippen molar-refractivity contribution >= 4 is 40.5 Å². The van der Waals surface area contributed by atoms with E-state index in [9.17, 15) is 0 Å². The molecule has 0 radical (unpaired) electrons. The molecule has 0 heterocycles. The minimum atomic E-state index is 0.317. The zero-order valence-corrected chi connectivity index (χ0v) is 18.9. The molecular formula is C23H22Cl3NO3. The number of anilines is 1. The highest BCUT2D eigenvalue weighted by atomic mass is 35.5. The van der Waals surface area contributed by atoms with Crippen LogP contribution in [-0.4, -0.2) is 13.7 Å². The molecule has 0 spiro atoms. The molecule has 3 aromatic rings. The van der Waals surface area contributed by atoms with Crippen molar-refractivity contribution in [1.82, 2.24) is 0 Å². The molecule has 3 rings (SSSR count). The molecular weight excluding hydrogens is 445 g/mol. The molecule has 4 nitrogen and oxygen atoms in total. The van der Waals surface area contributed by atoms with Gasteiger partial charge in [-0.2, -0.15) is 0 Å². The molecule has 0 aliphatic heterocycles. The van der Waals surface area contributed by atoms with Crippen LogP contribution in [0.2, 0.25) is 15.1 Å². The van der Waals surface area contributed by atoms with Crippen molar-refractivity contribution in [2.45, 2.75) is 20.1 Å². The fourth-order valence-corrected chi connectivity index (χ4v) is 3.51. The number of halogens is 3. The van der Waals surface area contributed by atoms with Crippen LogP contribution in [0.5, 0.6) is 17.2 Å². The van der Waals surface area contributed by atoms with Gasteiger partial charge in [0, 0.05) is 33.9 Å². The normalized spacial score (nSPS) is 10.6. The monoisotopic (exact) mass is 465 g/mol. The van der Waals surface area contributed by atoms with Gasteiger partial charge in [0.2, 0.25) is 0 Å². The largest absolute Gasteiger partial charge is 0.495 e. The maximum atomic E-state index is 6.51. The number of hydrogen-bond donors (Lipinski definition) is 1. The van der Waals surface area contributed by atoms with Crippen LogP contribution in [0.3, 0.4) is 0 Å². The quantitative estimate of drug-likeness (QED) is 0.360. The topological polar surface area (TPSA) is 39.7 Å². The number of hydrogen-bond acceptors (Lipinski definition) is 4. The van der Waals surface area contributed by atoms with Crippen molar-refractivity contribution in [2.75, 3.05) is 19.0 Å². The number of nitrogens with one attached hydrogen (secondary N) is 1. The van der Waals surface area contributed by atoms with E-state index in [1.54, 1.807) is 19.2 Å². The van der Waals surface area contributed by atoms with Crippen LogP contribution in [0.15, 0.2) is 54.6 Å². The van der Waals surface area contributed by atoms with Gasteiger partial charge in [-0.3, -0.25) is 0 Å². The molecule has 3 aromatic carbocycles. The van der Waals surface area contributed by atoms with Crippen LogP contribution in [0.25, 0.3) is 0 Å². The summed E-state index contributed by atoms with van der Waals surface area (Å²) in [6, 6.07) is 16.7. The Hall–Kier alpha value is -2.27. The second-order valence-corrected chi connectivity index (χ2v) is 7.63. The third-order valence-electron chi connectivity index (χ3n) is 4.39. The lowest BCUT2D eigenvalue weighted by Gasteiger charge is -2.16. The lowest BCUT2D eigenvalue weighted by Crippen LogP contribution is -2.04. The summed E-state index contributed by atoms with van der Waals surface area (Å²) in [6.07, 6.45) is 0. The Morgan fingerprint density at radius 3 is 2.23 bits per heavy atom.